The van der Waals surface area contributed by atoms with Crippen molar-refractivity contribution >= 4 is 17.5 Å². The van der Waals surface area contributed by atoms with Gasteiger partial charge >= 0.3 is 0 Å². The van der Waals surface area contributed by atoms with Crippen molar-refractivity contribution in [2.24, 2.45) is 5.41 Å². The third-order valence-corrected chi connectivity index (χ3v) is 3.47. The number of aliphatic hydroxyl groups is 2. The van der Waals surface area contributed by atoms with Gasteiger partial charge in [-0.1, -0.05) is 30.7 Å². The summed E-state index contributed by atoms with van der Waals surface area (Å²) in [6, 6.07) is 6.63. The minimum atomic E-state index is -1.19. The summed E-state index contributed by atoms with van der Waals surface area (Å²) in [7, 11) is 0. The lowest BCUT2D eigenvalue weighted by Gasteiger charge is -2.47. The van der Waals surface area contributed by atoms with E-state index in [2.05, 4.69) is 0 Å². The molecule has 0 spiro atoms. The van der Waals surface area contributed by atoms with E-state index < -0.39 is 6.10 Å². The van der Waals surface area contributed by atoms with E-state index in [0.29, 0.717) is 23.7 Å². The molecule has 1 aliphatic heterocycles. The largest absolute Gasteiger partial charge is 0.396 e. The maximum absolute atomic E-state index is 12.0. The first-order valence-corrected chi connectivity index (χ1v) is 6.16. The molecule has 0 aromatic heterocycles. The van der Waals surface area contributed by atoms with Crippen LogP contribution in [-0.4, -0.2) is 40.7 Å². The number of amides is 1. The van der Waals surface area contributed by atoms with Gasteiger partial charge in [0, 0.05) is 23.5 Å². The van der Waals surface area contributed by atoms with Crippen molar-refractivity contribution in [1.82, 2.24) is 4.90 Å². The van der Waals surface area contributed by atoms with E-state index in [1.54, 1.807) is 29.2 Å². The van der Waals surface area contributed by atoms with E-state index in [1.165, 1.54) is 0 Å². The van der Waals surface area contributed by atoms with E-state index in [1.807, 2.05) is 6.92 Å². The fourth-order valence-electron chi connectivity index (χ4n) is 2.12. The summed E-state index contributed by atoms with van der Waals surface area (Å²) >= 11 is 5.82. The van der Waals surface area contributed by atoms with Crippen LogP contribution in [0.15, 0.2) is 24.3 Å². The standard InChI is InChI=1S/C13H16ClNO3/c1-13(8-16)6-15(7-13)12(18)11(17)9-3-2-4-10(14)5-9/h2-5,11,16-17H,6-8H2,1H3. The van der Waals surface area contributed by atoms with Crippen molar-refractivity contribution in [3.05, 3.63) is 34.9 Å². The maximum atomic E-state index is 12.0. The lowest BCUT2D eigenvalue weighted by atomic mass is 9.82. The fourth-order valence-corrected chi connectivity index (χ4v) is 2.32. The van der Waals surface area contributed by atoms with Gasteiger partial charge in [0.25, 0.3) is 5.91 Å². The molecule has 1 aromatic rings. The molecule has 0 aliphatic carbocycles. The number of likely N-dealkylation sites (tertiary alicyclic amines) is 1. The molecule has 98 valence electrons. The Labute approximate surface area is 111 Å². The molecule has 2 N–H and O–H groups in total. The zero-order chi connectivity index (χ0) is 13.3. The van der Waals surface area contributed by atoms with Gasteiger partial charge in [0.15, 0.2) is 6.10 Å². The van der Waals surface area contributed by atoms with Crippen molar-refractivity contribution in [2.45, 2.75) is 13.0 Å². The Morgan fingerprint density at radius 3 is 2.78 bits per heavy atom. The molecule has 18 heavy (non-hydrogen) atoms. The molecule has 1 heterocycles. The highest BCUT2D eigenvalue weighted by Crippen LogP contribution is 2.31. The summed E-state index contributed by atoms with van der Waals surface area (Å²) < 4.78 is 0. The van der Waals surface area contributed by atoms with Crippen LogP contribution in [0.5, 0.6) is 0 Å². The molecule has 0 bridgehead atoms. The van der Waals surface area contributed by atoms with Crippen LogP contribution in [-0.2, 0) is 4.79 Å². The number of hydrogen-bond acceptors (Lipinski definition) is 3. The third kappa shape index (κ3) is 2.51. The summed E-state index contributed by atoms with van der Waals surface area (Å²) in [6.07, 6.45) is -1.19. The lowest BCUT2D eigenvalue weighted by molar-refractivity contribution is -0.154. The number of halogens is 1. The summed E-state index contributed by atoms with van der Waals surface area (Å²) in [5.74, 6) is -0.344. The Kier molecular flexibility index (Phi) is 3.61. The lowest BCUT2D eigenvalue weighted by Crippen LogP contribution is -2.59. The van der Waals surface area contributed by atoms with Gasteiger partial charge in [0.2, 0.25) is 0 Å². The molecule has 1 amide bonds. The molecule has 1 aliphatic rings. The van der Waals surface area contributed by atoms with Gasteiger partial charge in [-0.05, 0) is 17.7 Å². The number of carbonyl (C=O) groups excluding carboxylic acids is 1. The zero-order valence-corrected chi connectivity index (χ0v) is 10.9. The first-order chi connectivity index (χ1) is 8.45. The Balaban J connectivity index is 2.03. The van der Waals surface area contributed by atoms with Gasteiger partial charge in [-0.15, -0.1) is 0 Å². The first-order valence-electron chi connectivity index (χ1n) is 5.78. The van der Waals surface area contributed by atoms with Crippen LogP contribution in [0, 0.1) is 5.41 Å². The van der Waals surface area contributed by atoms with Crippen molar-refractivity contribution in [3.63, 3.8) is 0 Å². The predicted octanol–water partition coefficient (Wildman–Crippen LogP) is 1.21. The van der Waals surface area contributed by atoms with E-state index in [9.17, 15) is 9.90 Å². The van der Waals surface area contributed by atoms with E-state index in [-0.39, 0.29) is 17.9 Å². The maximum Gasteiger partial charge on any atom is 0.256 e. The van der Waals surface area contributed by atoms with Crippen molar-refractivity contribution in [1.29, 1.82) is 0 Å². The Morgan fingerprint density at radius 1 is 1.56 bits per heavy atom. The van der Waals surface area contributed by atoms with Crippen LogP contribution in [0.25, 0.3) is 0 Å². The third-order valence-electron chi connectivity index (χ3n) is 3.24. The molecule has 1 saturated heterocycles. The topological polar surface area (TPSA) is 60.8 Å². The van der Waals surface area contributed by atoms with Crippen LogP contribution in [0.1, 0.15) is 18.6 Å². The number of hydrogen-bond donors (Lipinski definition) is 2. The molecule has 0 radical (unpaired) electrons. The number of benzene rings is 1. The minimum absolute atomic E-state index is 0.0457. The molecular formula is C13H16ClNO3. The molecule has 2 rings (SSSR count). The van der Waals surface area contributed by atoms with Gasteiger partial charge in [0.05, 0.1) is 6.61 Å². The van der Waals surface area contributed by atoms with Gasteiger partial charge in [-0.25, -0.2) is 0 Å². The molecule has 1 unspecified atom stereocenters. The smallest absolute Gasteiger partial charge is 0.256 e. The van der Waals surface area contributed by atoms with E-state index >= 15 is 0 Å². The predicted molar refractivity (Wildman–Crippen MR) is 68.2 cm³/mol. The highest BCUT2D eigenvalue weighted by Gasteiger charge is 2.42. The van der Waals surface area contributed by atoms with Crippen molar-refractivity contribution < 1.29 is 15.0 Å². The Morgan fingerprint density at radius 2 is 2.22 bits per heavy atom. The number of carbonyl (C=O) groups is 1. The monoisotopic (exact) mass is 269 g/mol. The average Bonchev–Trinajstić information content (AvgIpc) is 2.33. The molecule has 1 fully saturated rings. The van der Waals surface area contributed by atoms with Crippen LogP contribution < -0.4 is 0 Å². The van der Waals surface area contributed by atoms with Gasteiger partial charge < -0.3 is 15.1 Å². The summed E-state index contributed by atoms with van der Waals surface area (Å²) in [4.78, 5) is 13.5. The van der Waals surface area contributed by atoms with Crippen LogP contribution >= 0.6 is 11.6 Å². The highest BCUT2D eigenvalue weighted by atomic mass is 35.5. The number of nitrogens with zero attached hydrogens (tertiary/aromatic N) is 1. The van der Waals surface area contributed by atoms with E-state index in [0.717, 1.165) is 0 Å². The van der Waals surface area contributed by atoms with Crippen LogP contribution in [0.3, 0.4) is 0 Å². The van der Waals surface area contributed by atoms with Gasteiger partial charge in [0.1, 0.15) is 0 Å². The Hall–Kier alpha value is -1.10. The van der Waals surface area contributed by atoms with Crippen LogP contribution in [0.4, 0.5) is 0 Å². The van der Waals surface area contributed by atoms with Crippen molar-refractivity contribution in [2.75, 3.05) is 19.7 Å². The Bertz CT molecular complexity index is 457. The average molecular weight is 270 g/mol. The van der Waals surface area contributed by atoms with Crippen LogP contribution in [0.2, 0.25) is 5.02 Å². The van der Waals surface area contributed by atoms with E-state index in [4.69, 9.17) is 16.7 Å². The first kappa shape index (κ1) is 13.3. The highest BCUT2D eigenvalue weighted by molar-refractivity contribution is 6.30. The second-order valence-electron chi connectivity index (χ2n) is 5.12. The molecule has 5 heteroatoms. The zero-order valence-electron chi connectivity index (χ0n) is 10.1. The molecule has 1 atom stereocenters. The minimum Gasteiger partial charge on any atom is -0.396 e. The van der Waals surface area contributed by atoms with Crippen molar-refractivity contribution in [3.8, 4) is 0 Å². The fraction of sp³-hybridized carbons (Fsp3) is 0.462. The molecule has 0 saturated carbocycles. The molecule has 4 nitrogen and oxygen atoms in total. The second kappa shape index (κ2) is 4.88. The second-order valence-corrected chi connectivity index (χ2v) is 5.56. The summed E-state index contributed by atoms with van der Waals surface area (Å²) in [6.45, 7) is 2.90. The molecule has 1 aromatic carbocycles. The van der Waals surface area contributed by atoms with Gasteiger partial charge in [-0.2, -0.15) is 0 Å². The SMILES string of the molecule is CC1(CO)CN(C(=O)C(O)c2cccc(Cl)c2)C1. The number of rotatable bonds is 3. The summed E-state index contributed by atoms with van der Waals surface area (Å²) in [5.41, 5.74) is 0.258. The quantitative estimate of drug-likeness (QED) is 0.867. The summed E-state index contributed by atoms with van der Waals surface area (Å²) in [5, 5.41) is 19.6. The molecular weight excluding hydrogens is 254 g/mol. The normalized spacial score (nSPS) is 19.2. The van der Waals surface area contributed by atoms with Gasteiger partial charge in [-0.3, -0.25) is 4.79 Å². The number of aliphatic hydroxyl groups excluding tert-OH is 2.